The van der Waals surface area contributed by atoms with Gasteiger partial charge in [-0.1, -0.05) is 36.3 Å². The van der Waals surface area contributed by atoms with Crippen molar-refractivity contribution in [2.45, 2.75) is 25.2 Å². The number of benzene rings is 1. The van der Waals surface area contributed by atoms with E-state index in [0.29, 0.717) is 11.4 Å². The van der Waals surface area contributed by atoms with Gasteiger partial charge in [0, 0.05) is 28.9 Å². The topological polar surface area (TPSA) is 83.8 Å². The van der Waals surface area contributed by atoms with Gasteiger partial charge in [0.15, 0.2) is 0 Å². The second-order valence-electron chi connectivity index (χ2n) is 7.20. The van der Waals surface area contributed by atoms with Gasteiger partial charge in [0.1, 0.15) is 22.3 Å². The molecule has 1 atom stereocenters. The molecule has 29 heavy (non-hydrogen) atoms. The molecule has 0 radical (unpaired) electrons. The van der Waals surface area contributed by atoms with E-state index in [4.69, 9.17) is 0 Å². The number of H-pyrrole nitrogens is 1. The highest BCUT2D eigenvalue weighted by Crippen LogP contribution is 2.31. The molecule has 2 N–H and O–H groups in total. The van der Waals surface area contributed by atoms with E-state index in [2.05, 4.69) is 27.0 Å². The summed E-state index contributed by atoms with van der Waals surface area (Å²) >= 11 is 0. The van der Waals surface area contributed by atoms with Gasteiger partial charge in [0.2, 0.25) is 0 Å². The maximum Gasteiger partial charge on any atom is 0.128 e. The molecule has 0 saturated carbocycles. The van der Waals surface area contributed by atoms with Gasteiger partial charge in [0.05, 0.1) is 23.7 Å². The summed E-state index contributed by atoms with van der Waals surface area (Å²) in [6.07, 6.45) is 7.06. The Bertz CT molecular complexity index is 1230. The summed E-state index contributed by atoms with van der Waals surface area (Å²) in [5, 5.41) is 17.6. The Morgan fingerprint density at radius 2 is 2.03 bits per heavy atom. The first-order valence-electron chi connectivity index (χ1n) is 9.09. The van der Waals surface area contributed by atoms with Crippen molar-refractivity contribution in [3.63, 3.8) is 0 Å². The van der Waals surface area contributed by atoms with Crippen molar-refractivity contribution in [1.29, 1.82) is 0 Å². The van der Waals surface area contributed by atoms with Gasteiger partial charge in [-0.3, -0.25) is 9.07 Å². The fourth-order valence-electron chi connectivity index (χ4n) is 2.96. The van der Waals surface area contributed by atoms with Crippen LogP contribution in [0.2, 0.25) is 0 Å². The molecule has 3 aromatic heterocycles. The highest BCUT2D eigenvalue weighted by Gasteiger charge is 2.16. The lowest BCUT2D eigenvalue weighted by Crippen LogP contribution is -2.14. The Labute approximate surface area is 171 Å². The van der Waals surface area contributed by atoms with Crippen LogP contribution in [0.25, 0.3) is 22.0 Å². The van der Waals surface area contributed by atoms with Crippen molar-refractivity contribution < 1.29 is 9.32 Å². The Morgan fingerprint density at radius 1 is 1.24 bits per heavy atom. The predicted octanol–water partition coefficient (Wildman–Crippen LogP) is 3.26. The summed E-state index contributed by atoms with van der Waals surface area (Å²) in [6.45, 7) is 3.25. The molecule has 1 unspecified atom stereocenters. The minimum atomic E-state index is -1.30. The van der Waals surface area contributed by atoms with Crippen molar-refractivity contribution in [1.82, 2.24) is 19.2 Å². The quantitative estimate of drug-likeness (QED) is 0.512. The van der Waals surface area contributed by atoms with Crippen LogP contribution in [0.3, 0.4) is 0 Å². The molecule has 0 amide bonds. The average molecular weight is 404 g/mol. The summed E-state index contributed by atoms with van der Waals surface area (Å²) in [4.78, 5) is 4.39. The molecule has 0 aliphatic carbocycles. The number of aromatic amines is 1. The van der Waals surface area contributed by atoms with Crippen LogP contribution >= 0.6 is 0 Å². The fourth-order valence-corrected chi connectivity index (χ4v) is 4.17. The lowest BCUT2D eigenvalue weighted by molar-refractivity contribution is 0.143. The molecule has 1 aromatic carbocycles. The molecule has 3 heterocycles. The monoisotopic (exact) mass is 404 g/mol. The van der Waals surface area contributed by atoms with E-state index in [1.165, 1.54) is 0 Å². The molecule has 4 rings (SSSR count). The molecular formula is C22H20N4O2S. The number of rotatable bonds is 4. The lowest BCUT2D eigenvalue weighted by atomic mass is 10.1. The minimum Gasteiger partial charge on any atom is -0.378 e. The molecule has 0 aliphatic heterocycles. The van der Waals surface area contributed by atoms with Gasteiger partial charge >= 0.3 is 0 Å². The van der Waals surface area contributed by atoms with Gasteiger partial charge < -0.3 is 5.11 Å². The van der Waals surface area contributed by atoms with Crippen LogP contribution in [-0.2, 0) is 16.7 Å². The summed E-state index contributed by atoms with van der Waals surface area (Å²) in [7, 11) is -1.30. The fraction of sp³-hybridized carbons (Fsp3) is 0.182. The maximum absolute atomic E-state index is 13.1. The molecular weight excluding hydrogens is 384 g/mol. The smallest absolute Gasteiger partial charge is 0.128 e. The highest BCUT2D eigenvalue weighted by molar-refractivity contribution is 7.82. The predicted molar refractivity (Wildman–Crippen MR) is 114 cm³/mol. The summed E-state index contributed by atoms with van der Waals surface area (Å²) in [6, 6.07) is 11.6. The standard InChI is InChI=1S/C22H20N4O2S/c1-22(2,27)9-8-18-10-19-20(17-11-24-25-12-17)14-26(21(19)13-23-18)29(28)15-16-6-4-3-5-7-16/h3-7,10-14,27H,15H2,1-2H3,(H,24,25). The first kappa shape index (κ1) is 19.1. The van der Waals surface area contributed by atoms with E-state index in [1.54, 1.807) is 36.4 Å². The minimum absolute atomic E-state index is 0.399. The van der Waals surface area contributed by atoms with E-state index in [1.807, 2.05) is 42.6 Å². The van der Waals surface area contributed by atoms with Crippen LogP contribution in [-0.4, -0.2) is 34.1 Å². The summed E-state index contributed by atoms with van der Waals surface area (Å²) in [5.74, 6) is 6.08. The van der Waals surface area contributed by atoms with E-state index >= 15 is 0 Å². The molecule has 0 bridgehead atoms. The number of nitrogens with zero attached hydrogens (tertiary/aromatic N) is 3. The van der Waals surface area contributed by atoms with Crippen molar-refractivity contribution in [2.75, 3.05) is 0 Å². The van der Waals surface area contributed by atoms with E-state index in [0.717, 1.165) is 27.6 Å². The zero-order valence-electron chi connectivity index (χ0n) is 16.1. The van der Waals surface area contributed by atoms with Crippen LogP contribution in [0, 0.1) is 11.8 Å². The Morgan fingerprint density at radius 3 is 2.72 bits per heavy atom. The lowest BCUT2D eigenvalue weighted by Gasteiger charge is -2.06. The molecule has 0 saturated heterocycles. The zero-order chi connectivity index (χ0) is 20.4. The van der Waals surface area contributed by atoms with Gasteiger partial charge in [-0.2, -0.15) is 5.10 Å². The molecule has 0 aliphatic rings. The van der Waals surface area contributed by atoms with Crippen LogP contribution in [0.1, 0.15) is 25.1 Å². The summed E-state index contributed by atoms with van der Waals surface area (Å²) < 4.78 is 14.9. The second-order valence-corrected chi connectivity index (χ2v) is 8.53. The number of hydrogen-bond acceptors (Lipinski definition) is 4. The zero-order valence-corrected chi connectivity index (χ0v) is 16.9. The third-order valence-corrected chi connectivity index (χ3v) is 5.64. The molecule has 0 spiro atoms. The third kappa shape index (κ3) is 4.29. The van der Waals surface area contributed by atoms with Crippen LogP contribution in [0.4, 0.5) is 0 Å². The largest absolute Gasteiger partial charge is 0.378 e. The SMILES string of the molecule is CC(C)(O)C#Cc1cc2c(-c3cn[nH]c3)cn(S(=O)Cc3ccccc3)c2cn1. The van der Waals surface area contributed by atoms with E-state index in [-0.39, 0.29) is 0 Å². The normalized spacial score (nSPS) is 12.5. The first-order valence-corrected chi connectivity index (χ1v) is 10.4. The Hall–Kier alpha value is -3.21. The summed E-state index contributed by atoms with van der Waals surface area (Å²) in [5.41, 5.74) is 2.97. The number of nitrogens with one attached hydrogen (secondary N) is 1. The number of aromatic nitrogens is 4. The van der Waals surface area contributed by atoms with Gasteiger partial charge in [-0.25, -0.2) is 9.19 Å². The number of pyridine rings is 1. The van der Waals surface area contributed by atoms with Crippen LogP contribution in [0.5, 0.6) is 0 Å². The molecule has 0 fully saturated rings. The molecule has 4 aromatic rings. The molecule has 146 valence electrons. The Kier molecular flexibility index (Phi) is 5.05. The average Bonchev–Trinajstić information content (AvgIpc) is 3.34. The number of fused-ring (bicyclic) bond motifs is 1. The van der Waals surface area contributed by atoms with Gasteiger partial charge in [-0.05, 0) is 31.4 Å². The number of hydrogen-bond donors (Lipinski definition) is 2. The van der Waals surface area contributed by atoms with Crippen LogP contribution in [0.15, 0.2) is 61.2 Å². The Balaban J connectivity index is 1.81. The van der Waals surface area contributed by atoms with Crippen LogP contribution < -0.4 is 0 Å². The van der Waals surface area contributed by atoms with Crippen molar-refractivity contribution >= 4 is 21.9 Å². The first-order chi connectivity index (χ1) is 13.9. The van der Waals surface area contributed by atoms with Crippen molar-refractivity contribution in [2.24, 2.45) is 0 Å². The van der Waals surface area contributed by atoms with Gasteiger partial charge in [-0.15, -0.1) is 0 Å². The van der Waals surface area contributed by atoms with E-state index < -0.39 is 16.6 Å². The highest BCUT2D eigenvalue weighted by atomic mass is 32.2. The van der Waals surface area contributed by atoms with E-state index in [9.17, 15) is 9.32 Å². The maximum atomic E-state index is 13.1. The molecule has 6 nitrogen and oxygen atoms in total. The second kappa shape index (κ2) is 7.66. The number of aliphatic hydroxyl groups is 1. The van der Waals surface area contributed by atoms with Crippen molar-refractivity contribution in [3.05, 3.63) is 72.4 Å². The molecule has 7 heteroatoms. The van der Waals surface area contributed by atoms with Crippen molar-refractivity contribution in [3.8, 4) is 23.0 Å². The third-order valence-electron chi connectivity index (χ3n) is 4.31. The van der Waals surface area contributed by atoms with Gasteiger partial charge in [0.25, 0.3) is 0 Å².